The van der Waals surface area contributed by atoms with Crippen LogP contribution in [0.3, 0.4) is 0 Å². The Morgan fingerprint density at radius 3 is 2.44 bits per heavy atom. The van der Waals surface area contributed by atoms with E-state index in [2.05, 4.69) is 5.32 Å². The van der Waals surface area contributed by atoms with Crippen molar-refractivity contribution in [3.05, 3.63) is 75.1 Å². The van der Waals surface area contributed by atoms with Gasteiger partial charge in [-0.05, 0) is 62.6 Å². The zero-order valence-electron chi connectivity index (χ0n) is 15.0. The second-order valence-electron chi connectivity index (χ2n) is 6.55. The van der Waals surface area contributed by atoms with Crippen molar-refractivity contribution in [3.8, 4) is 0 Å². The first-order valence-corrected chi connectivity index (χ1v) is 8.33. The first-order valence-electron chi connectivity index (χ1n) is 8.33. The molecule has 0 bridgehead atoms. The SMILES string of the molecule is Cc1ccc(NC(=O)Cn2c(C)cc(=O)c3cccc(C)c32)cc1C. The summed E-state index contributed by atoms with van der Waals surface area (Å²) in [5.74, 6) is -0.112. The number of hydrogen-bond acceptors (Lipinski definition) is 2. The number of aryl methyl sites for hydroxylation is 4. The molecule has 0 atom stereocenters. The molecular formula is C21H22N2O2. The van der Waals surface area contributed by atoms with Crippen LogP contribution in [0.4, 0.5) is 5.69 Å². The zero-order valence-corrected chi connectivity index (χ0v) is 15.0. The monoisotopic (exact) mass is 334 g/mol. The van der Waals surface area contributed by atoms with E-state index in [0.29, 0.717) is 5.39 Å². The molecule has 0 fully saturated rings. The number of hydrogen-bond donors (Lipinski definition) is 1. The number of rotatable bonds is 3. The van der Waals surface area contributed by atoms with Crippen LogP contribution in [-0.4, -0.2) is 10.5 Å². The van der Waals surface area contributed by atoms with E-state index in [1.165, 1.54) is 5.56 Å². The number of fused-ring (bicyclic) bond motifs is 1. The summed E-state index contributed by atoms with van der Waals surface area (Å²) in [5.41, 5.74) is 5.69. The Hall–Kier alpha value is -2.88. The van der Waals surface area contributed by atoms with Gasteiger partial charge in [0.25, 0.3) is 0 Å². The Morgan fingerprint density at radius 1 is 0.960 bits per heavy atom. The number of para-hydroxylation sites is 1. The Morgan fingerprint density at radius 2 is 1.72 bits per heavy atom. The van der Waals surface area contributed by atoms with E-state index in [4.69, 9.17) is 0 Å². The van der Waals surface area contributed by atoms with Crippen molar-refractivity contribution >= 4 is 22.5 Å². The van der Waals surface area contributed by atoms with E-state index < -0.39 is 0 Å². The van der Waals surface area contributed by atoms with Crippen LogP contribution in [0.25, 0.3) is 10.9 Å². The molecular weight excluding hydrogens is 312 g/mol. The molecule has 3 aromatic rings. The summed E-state index contributed by atoms with van der Waals surface area (Å²) >= 11 is 0. The number of carbonyl (C=O) groups is 1. The van der Waals surface area contributed by atoms with Gasteiger partial charge in [0.2, 0.25) is 5.91 Å². The van der Waals surface area contributed by atoms with Crippen molar-refractivity contribution in [2.24, 2.45) is 0 Å². The van der Waals surface area contributed by atoms with Gasteiger partial charge in [0.05, 0.1) is 5.52 Å². The summed E-state index contributed by atoms with van der Waals surface area (Å²) in [6.07, 6.45) is 0. The fraction of sp³-hybridized carbons (Fsp3) is 0.238. The molecule has 128 valence electrons. The molecule has 1 N–H and O–H groups in total. The molecule has 4 nitrogen and oxygen atoms in total. The number of aromatic nitrogens is 1. The summed E-state index contributed by atoms with van der Waals surface area (Å²) in [7, 11) is 0. The second-order valence-corrected chi connectivity index (χ2v) is 6.55. The van der Waals surface area contributed by atoms with Gasteiger partial charge in [-0.25, -0.2) is 0 Å². The fourth-order valence-corrected chi connectivity index (χ4v) is 3.10. The Kier molecular flexibility index (Phi) is 4.45. The molecule has 4 heteroatoms. The predicted octanol–water partition coefficient (Wildman–Crippen LogP) is 3.87. The lowest BCUT2D eigenvalue weighted by atomic mass is 10.1. The van der Waals surface area contributed by atoms with Crippen LogP contribution in [0.2, 0.25) is 0 Å². The van der Waals surface area contributed by atoms with Gasteiger partial charge in [-0.15, -0.1) is 0 Å². The lowest BCUT2D eigenvalue weighted by molar-refractivity contribution is -0.116. The highest BCUT2D eigenvalue weighted by Crippen LogP contribution is 2.18. The standard InChI is InChI=1S/C21H22N2O2/c1-13-8-9-17(10-15(13)3)22-20(25)12-23-16(4)11-19(24)18-7-5-6-14(2)21(18)23/h5-11H,12H2,1-4H3,(H,22,25). The molecule has 0 aliphatic carbocycles. The van der Waals surface area contributed by atoms with Crippen molar-refractivity contribution < 1.29 is 4.79 Å². The van der Waals surface area contributed by atoms with E-state index in [1.807, 2.05) is 68.7 Å². The third-order valence-corrected chi connectivity index (χ3v) is 4.63. The van der Waals surface area contributed by atoms with Crippen LogP contribution in [0.15, 0.2) is 47.3 Å². The molecule has 1 aromatic heterocycles. The normalized spacial score (nSPS) is 10.9. The highest BCUT2D eigenvalue weighted by atomic mass is 16.2. The average Bonchev–Trinajstić information content (AvgIpc) is 2.55. The van der Waals surface area contributed by atoms with E-state index in [-0.39, 0.29) is 17.9 Å². The van der Waals surface area contributed by atoms with Crippen molar-refractivity contribution in [2.75, 3.05) is 5.32 Å². The first kappa shape index (κ1) is 17.0. The van der Waals surface area contributed by atoms with Crippen LogP contribution in [-0.2, 0) is 11.3 Å². The smallest absolute Gasteiger partial charge is 0.244 e. The molecule has 1 amide bonds. The summed E-state index contributed by atoms with van der Waals surface area (Å²) < 4.78 is 1.91. The minimum atomic E-state index is -0.112. The fourth-order valence-electron chi connectivity index (χ4n) is 3.10. The number of anilines is 1. The van der Waals surface area contributed by atoms with Crippen LogP contribution < -0.4 is 10.7 Å². The van der Waals surface area contributed by atoms with Gasteiger partial charge >= 0.3 is 0 Å². The molecule has 2 aromatic carbocycles. The molecule has 3 rings (SSSR count). The summed E-state index contributed by atoms with van der Waals surface area (Å²) in [5, 5.41) is 3.59. The molecule has 0 saturated heterocycles. The molecule has 0 radical (unpaired) electrons. The quantitative estimate of drug-likeness (QED) is 0.790. The second kappa shape index (κ2) is 6.55. The number of nitrogens with zero attached hydrogens (tertiary/aromatic N) is 1. The summed E-state index contributed by atoms with van der Waals surface area (Å²) in [4.78, 5) is 24.8. The number of benzene rings is 2. The summed E-state index contributed by atoms with van der Waals surface area (Å²) in [6, 6.07) is 13.1. The number of pyridine rings is 1. The van der Waals surface area contributed by atoms with Gasteiger partial charge in [0.15, 0.2) is 5.43 Å². The van der Waals surface area contributed by atoms with E-state index in [0.717, 1.165) is 28.0 Å². The van der Waals surface area contributed by atoms with Crippen LogP contribution in [0, 0.1) is 27.7 Å². The van der Waals surface area contributed by atoms with E-state index in [9.17, 15) is 9.59 Å². The Labute approximate surface area is 147 Å². The number of nitrogens with one attached hydrogen (secondary N) is 1. The minimum absolute atomic E-state index is 0.0120. The van der Waals surface area contributed by atoms with Gasteiger partial charge in [-0.2, -0.15) is 0 Å². The largest absolute Gasteiger partial charge is 0.335 e. The van der Waals surface area contributed by atoms with Gasteiger partial charge in [-0.1, -0.05) is 18.2 Å². The van der Waals surface area contributed by atoms with Crippen LogP contribution in [0.1, 0.15) is 22.4 Å². The van der Waals surface area contributed by atoms with Crippen LogP contribution >= 0.6 is 0 Å². The highest BCUT2D eigenvalue weighted by Gasteiger charge is 2.12. The topological polar surface area (TPSA) is 51.1 Å². The zero-order chi connectivity index (χ0) is 18.1. The molecule has 0 saturated carbocycles. The van der Waals surface area contributed by atoms with Gasteiger partial charge in [0, 0.05) is 22.8 Å². The molecule has 1 heterocycles. The molecule has 0 spiro atoms. The molecule has 0 unspecified atom stereocenters. The maximum atomic E-state index is 12.6. The van der Waals surface area contributed by atoms with Crippen molar-refractivity contribution in [2.45, 2.75) is 34.2 Å². The maximum absolute atomic E-state index is 12.6. The predicted molar refractivity (Wildman–Crippen MR) is 102 cm³/mol. The van der Waals surface area contributed by atoms with E-state index in [1.54, 1.807) is 6.07 Å². The van der Waals surface area contributed by atoms with Gasteiger partial charge < -0.3 is 9.88 Å². The number of carbonyl (C=O) groups excluding carboxylic acids is 1. The third-order valence-electron chi connectivity index (χ3n) is 4.63. The molecule has 0 aliphatic rings. The maximum Gasteiger partial charge on any atom is 0.244 e. The van der Waals surface area contributed by atoms with Gasteiger partial charge in [-0.3, -0.25) is 9.59 Å². The van der Waals surface area contributed by atoms with Crippen molar-refractivity contribution in [1.82, 2.24) is 4.57 Å². The van der Waals surface area contributed by atoms with Crippen LogP contribution in [0.5, 0.6) is 0 Å². The lowest BCUT2D eigenvalue weighted by Gasteiger charge is -2.16. The van der Waals surface area contributed by atoms with Crippen molar-refractivity contribution in [3.63, 3.8) is 0 Å². The average molecular weight is 334 g/mol. The molecule has 0 aliphatic heterocycles. The lowest BCUT2D eigenvalue weighted by Crippen LogP contribution is -2.22. The highest BCUT2D eigenvalue weighted by molar-refractivity contribution is 5.92. The van der Waals surface area contributed by atoms with E-state index >= 15 is 0 Å². The Bertz CT molecular complexity index is 1030. The minimum Gasteiger partial charge on any atom is -0.335 e. The number of amides is 1. The first-order chi connectivity index (χ1) is 11.9. The van der Waals surface area contributed by atoms with Crippen molar-refractivity contribution in [1.29, 1.82) is 0 Å². The Balaban J connectivity index is 1.96. The molecule has 25 heavy (non-hydrogen) atoms. The third kappa shape index (κ3) is 3.33. The van der Waals surface area contributed by atoms with Gasteiger partial charge in [0.1, 0.15) is 6.54 Å². The summed E-state index contributed by atoms with van der Waals surface area (Å²) in [6.45, 7) is 8.04.